The monoisotopic (exact) mass is 890 g/mol. The summed E-state index contributed by atoms with van der Waals surface area (Å²) < 4.78 is 13.6. The molecule has 10 aromatic rings. The Hall–Kier alpha value is -7.67. The van der Waals surface area contributed by atoms with Gasteiger partial charge < -0.3 is 0 Å². The Morgan fingerprint density at radius 1 is 0.258 bits per heavy atom. The molecule has 0 heterocycles. The fourth-order valence-corrected chi connectivity index (χ4v) is 19.3. The first-order valence-electron chi connectivity index (χ1n) is 22.3. The quantitative estimate of drug-likeness (QED) is 0.0806. The van der Waals surface area contributed by atoms with Crippen molar-refractivity contribution < 1.29 is 14.3 Å². The molecule has 320 valence electrons. The molecule has 0 fully saturated rings. The molecule has 10 aromatic carbocycles. The molecule has 0 bridgehead atoms. The van der Waals surface area contributed by atoms with Gasteiger partial charge >= 0.3 is 390 Å². The summed E-state index contributed by atoms with van der Waals surface area (Å²) in [5.41, 5.74) is 1.14. The van der Waals surface area contributed by atoms with E-state index in [1.807, 2.05) is 60.7 Å². The van der Waals surface area contributed by atoms with Gasteiger partial charge in [-0.05, 0) is 0 Å². The standard InChI is InChI=1S/C61H48O3P2/c62-61(47-39-43-49(44-40-47)63-57-35-19-21-37-59(57)65(51-23-7-1-8-24-51,52-25-9-2-10-26-52)53-27-11-3-12-28-53)48-41-45-50(46-42-48)64-58-36-20-22-38-60(58)66(54-29-13-4-14-30-54,55-31-15-5-16-32-55)56-33-17-6-18-34-56/h1-46,65-66H. The Bertz CT molecular complexity index is 2760. The Morgan fingerprint density at radius 2 is 0.485 bits per heavy atom. The summed E-state index contributed by atoms with van der Waals surface area (Å²) in [4.78, 5) is 14.0. The molecule has 0 aromatic heterocycles. The predicted octanol–water partition coefficient (Wildman–Crippen LogP) is 11.2. The van der Waals surface area contributed by atoms with Gasteiger partial charge in [0.15, 0.2) is 0 Å². The molecule has 0 aliphatic rings. The SMILES string of the molecule is O=C(c1ccc(Oc2ccccc2[PH](c2ccccc2)(c2ccccc2)c2ccccc2)cc1)c1ccc(Oc2ccccc2[PH](c2ccccc2)(c2ccccc2)c2ccccc2)cc1. The number of hydrogen-bond donors (Lipinski definition) is 0. The van der Waals surface area contributed by atoms with Crippen molar-refractivity contribution in [3.63, 3.8) is 0 Å². The van der Waals surface area contributed by atoms with Crippen molar-refractivity contribution in [1.82, 2.24) is 0 Å². The van der Waals surface area contributed by atoms with Crippen molar-refractivity contribution in [3.8, 4) is 23.0 Å². The fraction of sp³-hybridized carbons (Fsp3) is 0. The van der Waals surface area contributed by atoms with Crippen molar-refractivity contribution >= 4 is 62.7 Å². The van der Waals surface area contributed by atoms with Gasteiger partial charge in [-0.2, -0.15) is 0 Å². The average molecular weight is 891 g/mol. The number of rotatable bonds is 14. The van der Waals surface area contributed by atoms with Crippen LogP contribution in [0.15, 0.2) is 279 Å². The summed E-state index contributed by atoms with van der Waals surface area (Å²) in [7, 11) is -5.70. The first-order valence-corrected chi connectivity index (χ1v) is 26.3. The number of hydrogen-bond acceptors (Lipinski definition) is 3. The second-order valence-electron chi connectivity index (χ2n) is 16.3. The van der Waals surface area contributed by atoms with E-state index in [1.165, 1.54) is 31.8 Å². The minimum absolute atomic E-state index is 0.0822. The molecule has 0 atom stereocenters. The topological polar surface area (TPSA) is 35.5 Å². The molecule has 0 saturated carbocycles. The number of benzene rings is 10. The van der Waals surface area contributed by atoms with Crippen LogP contribution < -0.4 is 51.9 Å². The van der Waals surface area contributed by atoms with Gasteiger partial charge in [0, 0.05) is 0 Å². The van der Waals surface area contributed by atoms with E-state index in [0.29, 0.717) is 22.6 Å². The van der Waals surface area contributed by atoms with E-state index in [0.717, 1.165) is 22.1 Å². The summed E-state index contributed by atoms with van der Waals surface area (Å²) in [5, 5.41) is 9.88. The first-order chi connectivity index (χ1) is 32.7. The summed E-state index contributed by atoms with van der Waals surface area (Å²) in [6, 6.07) is 96.6. The summed E-state index contributed by atoms with van der Waals surface area (Å²) >= 11 is 0. The average Bonchev–Trinajstić information content (AvgIpc) is 3.40. The van der Waals surface area contributed by atoms with Crippen molar-refractivity contribution in [1.29, 1.82) is 0 Å². The number of para-hydroxylation sites is 2. The van der Waals surface area contributed by atoms with Crippen molar-refractivity contribution in [3.05, 3.63) is 290 Å². The Morgan fingerprint density at radius 3 is 0.742 bits per heavy atom. The maximum absolute atomic E-state index is 14.0. The van der Waals surface area contributed by atoms with Crippen LogP contribution in [0.2, 0.25) is 0 Å². The molecule has 5 heteroatoms. The van der Waals surface area contributed by atoms with Gasteiger partial charge in [-0.1, -0.05) is 0 Å². The van der Waals surface area contributed by atoms with E-state index in [-0.39, 0.29) is 5.78 Å². The molecule has 0 spiro atoms. The van der Waals surface area contributed by atoms with E-state index in [2.05, 4.69) is 218 Å². The molecule has 0 aliphatic carbocycles. The maximum atomic E-state index is 14.0. The van der Waals surface area contributed by atoms with Crippen LogP contribution in [-0.2, 0) is 0 Å². The van der Waals surface area contributed by atoms with Gasteiger partial charge in [-0.15, -0.1) is 0 Å². The van der Waals surface area contributed by atoms with Crippen LogP contribution in [0.3, 0.4) is 0 Å². The van der Waals surface area contributed by atoms with E-state index < -0.39 is 14.5 Å². The number of carbonyl (C=O) groups excluding carboxylic acids is 1. The van der Waals surface area contributed by atoms with Gasteiger partial charge in [-0.3, -0.25) is 0 Å². The first kappa shape index (κ1) is 42.3. The molecule has 0 radical (unpaired) electrons. The molecule has 0 unspecified atom stereocenters. The van der Waals surface area contributed by atoms with Crippen LogP contribution in [0.4, 0.5) is 0 Å². The molecule has 10 rings (SSSR count). The zero-order valence-corrected chi connectivity index (χ0v) is 38.3. The Balaban J connectivity index is 0.938. The summed E-state index contributed by atoms with van der Waals surface area (Å²) in [5.74, 6) is 2.79. The van der Waals surface area contributed by atoms with E-state index >= 15 is 0 Å². The van der Waals surface area contributed by atoms with Gasteiger partial charge in [0.1, 0.15) is 0 Å². The Labute approximate surface area is 388 Å². The van der Waals surface area contributed by atoms with E-state index in [9.17, 15) is 4.79 Å². The number of ether oxygens (including phenoxy) is 2. The number of carbonyl (C=O) groups is 1. The van der Waals surface area contributed by atoms with Crippen LogP contribution >= 0.6 is 14.5 Å². The molecular formula is C61H48O3P2. The van der Waals surface area contributed by atoms with Crippen molar-refractivity contribution in [2.45, 2.75) is 0 Å². The van der Waals surface area contributed by atoms with Crippen LogP contribution in [-0.4, -0.2) is 5.78 Å². The third-order valence-corrected chi connectivity index (χ3v) is 22.1. The van der Waals surface area contributed by atoms with E-state index in [4.69, 9.17) is 9.47 Å². The third-order valence-electron chi connectivity index (χ3n) is 12.5. The van der Waals surface area contributed by atoms with Crippen LogP contribution in [0, 0.1) is 0 Å². The number of ketones is 1. The van der Waals surface area contributed by atoms with Gasteiger partial charge in [0.25, 0.3) is 0 Å². The molecule has 0 amide bonds. The normalized spacial score (nSPS) is 11.9. The molecule has 3 nitrogen and oxygen atoms in total. The predicted molar refractivity (Wildman–Crippen MR) is 282 cm³/mol. The summed E-state index contributed by atoms with van der Waals surface area (Å²) in [6.07, 6.45) is 0. The fourth-order valence-electron chi connectivity index (χ4n) is 9.56. The van der Waals surface area contributed by atoms with Gasteiger partial charge in [-0.25, -0.2) is 0 Å². The zero-order chi connectivity index (χ0) is 44.6. The van der Waals surface area contributed by atoms with E-state index in [1.54, 1.807) is 0 Å². The van der Waals surface area contributed by atoms with Crippen LogP contribution in [0.5, 0.6) is 23.0 Å². The second kappa shape index (κ2) is 19.2. The molecule has 66 heavy (non-hydrogen) atoms. The second-order valence-corrected chi connectivity index (χ2v) is 23.8. The zero-order valence-electron chi connectivity index (χ0n) is 36.3. The molecule has 0 saturated heterocycles. The van der Waals surface area contributed by atoms with Crippen LogP contribution in [0.1, 0.15) is 15.9 Å². The van der Waals surface area contributed by atoms with Crippen molar-refractivity contribution in [2.75, 3.05) is 0 Å². The van der Waals surface area contributed by atoms with Crippen LogP contribution in [0.25, 0.3) is 0 Å². The molecular weight excluding hydrogens is 843 g/mol. The molecule has 0 aliphatic heterocycles. The van der Waals surface area contributed by atoms with Gasteiger partial charge in [0.05, 0.1) is 0 Å². The van der Waals surface area contributed by atoms with Gasteiger partial charge in [0.2, 0.25) is 0 Å². The Kier molecular flexibility index (Phi) is 12.3. The summed E-state index contributed by atoms with van der Waals surface area (Å²) in [6.45, 7) is 0. The minimum atomic E-state index is -2.85. The third kappa shape index (κ3) is 8.05. The van der Waals surface area contributed by atoms with Crippen molar-refractivity contribution in [2.24, 2.45) is 0 Å². The molecule has 0 N–H and O–H groups in total.